The van der Waals surface area contributed by atoms with Gasteiger partial charge in [-0.1, -0.05) is 6.08 Å². The average Bonchev–Trinajstić information content (AvgIpc) is 2.81. The van der Waals surface area contributed by atoms with Gasteiger partial charge in [-0.2, -0.15) is 0 Å². The Balaban J connectivity index is 1.64. The summed E-state index contributed by atoms with van der Waals surface area (Å²) >= 11 is 0. The van der Waals surface area contributed by atoms with E-state index in [2.05, 4.69) is 26.7 Å². The van der Waals surface area contributed by atoms with Crippen LogP contribution in [0.25, 0.3) is 0 Å². The molecule has 0 saturated heterocycles. The van der Waals surface area contributed by atoms with Crippen LogP contribution < -0.4 is 5.32 Å². The molecule has 0 spiro atoms. The number of hydrogen-bond donors (Lipinski definition) is 1. The highest BCUT2D eigenvalue weighted by molar-refractivity contribution is 4.98. The third-order valence-electron chi connectivity index (χ3n) is 3.11. The standard InChI is InChI=1S/C13H22N4O/c1-2-3-9-18-10-7-14-11-13-16-15-12-6-4-5-8-17(12)13/h2,14H,1,3-11H2. The Morgan fingerprint density at radius 1 is 1.33 bits per heavy atom. The van der Waals surface area contributed by atoms with Gasteiger partial charge in [-0.3, -0.25) is 0 Å². The van der Waals surface area contributed by atoms with Crippen molar-refractivity contribution in [3.63, 3.8) is 0 Å². The van der Waals surface area contributed by atoms with Crippen LogP contribution in [0, 0.1) is 0 Å². The first kappa shape index (κ1) is 13.2. The molecule has 0 aromatic carbocycles. The summed E-state index contributed by atoms with van der Waals surface area (Å²) in [6.45, 7) is 7.83. The lowest BCUT2D eigenvalue weighted by Crippen LogP contribution is -2.23. The van der Waals surface area contributed by atoms with E-state index in [1.807, 2.05) is 6.08 Å². The number of nitrogens with zero attached hydrogens (tertiary/aromatic N) is 3. The van der Waals surface area contributed by atoms with Crippen LogP contribution in [-0.4, -0.2) is 34.5 Å². The van der Waals surface area contributed by atoms with Crippen molar-refractivity contribution in [2.24, 2.45) is 0 Å². The fraction of sp³-hybridized carbons (Fsp3) is 0.692. The molecule has 18 heavy (non-hydrogen) atoms. The first-order valence-electron chi connectivity index (χ1n) is 6.72. The molecule has 1 aromatic heterocycles. The molecule has 100 valence electrons. The Bertz CT molecular complexity index is 375. The molecule has 1 N–H and O–H groups in total. The molecule has 0 unspecified atom stereocenters. The van der Waals surface area contributed by atoms with Crippen molar-refractivity contribution >= 4 is 0 Å². The third-order valence-corrected chi connectivity index (χ3v) is 3.11. The van der Waals surface area contributed by atoms with E-state index in [1.54, 1.807) is 0 Å². The van der Waals surface area contributed by atoms with E-state index in [0.29, 0.717) is 0 Å². The summed E-state index contributed by atoms with van der Waals surface area (Å²) in [6, 6.07) is 0. The van der Waals surface area contributed by atoms with E-state index >= 15 is 0 Å². The molecule has 2 rings (SSSR count). The molecule has 0 saturated carbocycles. The van der Waals surface area contributed by atoms with Gasteiger partial charge in [0.2, 0.25) is 0 Å². The molecule has 5 heteroatoms. The second-order valence-corrected chi connectivity index (χ2v) is 4.51. The molecule has 5 nitrogen and oxygen atoms in total. The Hall–Kier alpha value is -1.20. The van der Waals surface area contributed by atoms with Gasteiger partial charge in [-0.25, -0.2) is 0 Å². The van der Waals surface area contributed by atoms with Crippen LogP contribution in [0.1, 0.15) is 30.9 Å². The molecule has 1 aliphatic heterocycles. The lowest BCUT2D eigenvalue weighted by molar-refractivity contribution is 0.140. The van der Waals surface area contributed by atoms with Gasteiger partial charge in [0, 0.05) is 19.5 Å². The number of aryl methyl sites for hydroxylation is 1. The molecule has 0 atom stereocenters. The molecular weight excluding hydrogens is 228 g/mol. The van der Waals surface area contributed by atoms with Crippen molar-refractivity contribution in [3.05, 3.63) is 24.3 Å². The molecule has 0 fully saturated rings. The van der Waals surface area contributed by atoms with Gasteiger partial charge in [-0.15, -0.1) is 16.8 Å². The molecular formula is C13H22N4O. The molecule has 1 aromatic rings. The number of ether oxygens (including phenoxy) is 1. The number of rotatable bonds is 8. The van der Waals surface area contributed by atoms with Gasteiger partial charge >= 0.3 is 0 Å². The minimum atomic E-state index is 0.731. The Labute approximate surface area is 108 Å². The van der Waals surface area contributed by atoms with Gasteiger partial charge in [0.25, 0.3) is 0 Å². The fourth-order valence-corrected chi connectivity index (χ4v) is 2.11. The SMILES string of the molecule is C=CCCOCCNCc1nnc2n1CCCC2. The monoisotopic (exact) mass is 250 g/mol. The smallest absolute Gasteiger partial charge is 0.147 e. The molecule has 1 aliphatic rings. The average molecular weight is 250 g/mol. The Kier molecular flexibility index (Phi) is 5.36. The molecule has 0 bridgehead atoms. The van der Waals surface area contributed by atoms with E-state index < -0.39 is 0 Å². The summed E-state index contributed by atoms with van der Waals surface area (Å²) < 4.78 is 7.67. The van der Waals surface area contributed by atoms with E-state index in [-0.39, 0.29) is 0 Å². The van der Waals surface area contributed by atoms with Gasteiger partial charge in [0.15, 0.2) is 0 Å². The summed E-state index contributed by atoms with van der Waals surface area (Å²) in [5.41, 5.74) is 0. The van der Waals surface area contributed by atoms with Crippen LogP contribution in [0.5, 0.6) is 0 Å². The third kappa shape index (κ3) is 3.65. The molecule has 0 radical (unpaired) electrons. The maximum Gasteiger partial charge on any atom is 0.147 e. The van der Waals surface area contributed by atoms with Gasteiger partial charge < -0.3 is 14.6 Å². The van der Waals surface area contributed by atoms with E-state index in [0.717, 1.165) is 57.3 Å². The number of aromatic nitrogens is 3. The number of fused-ring (bicyclic) bond motifs is 1. The normalized spacial score (nSPS) is 14.4. The largest absolute Gasteiger partial charge is 0.380 e. The fourth-order valence-electron chi connectivity index (χ4n) is 2.11. The molecule has 2 heterocycles. The van der Waals surface area contributed by atoms with Crippen molar-refractivity contribution in [1.82, 2.24) is 20.1 Å². The van der Waals surface area contributed by atoms with E-state index in [9.17, 15) is 0 Å². The summed E-state index contributed by atoms with van der Waals surface area (Å²) in [4.78, 5) is 0. The van der Waals surface area contributed by atoms with Crippen molar-refractivity contribution in [3.8, 4) is 0 Å². The quantitative estimate of drug-likeness (QED) is 0.558. The predicted molar refractivity (Wildman–Crippen MR) is 70.3 cm³/mol. The predicted octanol–water partition coefficient (Wildman–Crippen LogP) is 1.30. The van der Waals surface area contributed by atoms with E-state index in [4.69, 9.17) is 4.74 Å². The molecule has 0 aliphatic carbocycles. The van der Waals surface area contributed by atoms with Gasteiger partial charge in [-0.05, 0) is 19.3 Å². The Morgan fingerprint density at radius 3 is 3.17 bits per heavy atom. The van der Waals surface area contributed by atoms with Crippen LogP contribution in [-0.2, 0) is 24.2 Å². The van der Waals surface area contributed by atoms with Gasteiger partial charge in [0.1, 0.15) is 11.6 Å². The summed E-state index contributed by atoms with van der Waals surface area (Å²) in [6.07, 6.45) is 6.33. The van der Waals surface area contributed by atoms with Crippen LogP contribution in [0.15, 0.2) is 12.7 Å². The van der Waals surface area contributed by atoms with Crippen molar-refractivity contribution in [2.75, 3.05) is 19.8 Å². The van der Waals surface area contributed by atoms with E-state index in [1.165, 1.54) is 12.8 Å². The minimum Gasteiger partial charge on any atom is -0.380 e. The second kappa shape index (κ2) is 7.28. The maximum absolute atomic E-state index is 5.43. The second-order valence-electron chi connectivity index (χ2n) is 4.51. The highest BCUT2D eigenvalue weighted by atomic mass is 16.5. The van der Waals surface area contributed by atoms with Crippen LogP contribution in [0.3, 0.4) is 0 Å². The summed E-state index contributed by atoms with van der Waals surface area (Å²) in [5, 5.41) is 11.8. The highest BCUT2D eigenvalue weighted by Gasteiger charge is 2.14. The van der Waals surface area contributed by atoms with Crippen LogP contribution >= 0.6 is 0 Å². The Morgan fingerprint density at radius 2 is 2.28 bits per heavy atom. The molecule has 0 amide bonds. The first-order valence-corrected chi connectivity index (χ1v) is 6.72. The highest BCUT2D eigenvalue weighted by Crippen LogP contribution is 2.13. The maximum atomic E-state index is 5.43. The van der Waals surface area contributed by atoms with Crippen molar-refractivity contribution in [2.45, 2.75) is 38.8 Å². The van der Waals surface area contributed by atoms with Crippen molar-refractivity contribution < 1.29 is 4.74 Å². The lowest BCUT2D eigenvalue weighted by Gasteiger charge is -2.14. The zero-order valence-corrected chi connectivity index (χ0v) is 10.9. The summed E-state index contributed by atoms with van der Waals surface area (Å²) in [7, 11) is 0. The van der Waals surface area contributed by atoms with Gasteiger partial charge in [0.05, 0.1) is 19.8 Å². The number of nitrogens with one attached hydrogen (secondary N) is 1. The number of hydrogen-bond acceptors (Lipinski definition) is 4. The lowest BCUT2D eigenvalue weighted by atomic mass is 10.2. The minimum absolute atomic E-state index is 0.731. The van der Waals surface area contributed by atoms with Crippen molar-refractivity contribution in [1.29, 1.82) is 0 Å². The topological polar surface area (TPSA) is 52.0 Å². The van der Waals surface area contributed by atoms with Crippen LogP contribution in [0.4, 0.5) is 0 Å². The van der Waals surface area contributed by atoms with Crippen LogP contribution in [0.2, 0.25) is 0 Å². The zero-order chi connectivity index (χ0) is 12.6. The first-order chi connectivity index (χ1) is 8.92. The summed E-state index contributed by atoms with van der Waals surface area (Å²) in [5.74, 6) is 2.19. The zero-order valence-electron chi connectivity index (χ0n) is 10.9.